The van der Waals surface area contributed by atoms with Crippen molar-refractivity contribution in [3.05, 3.63) is 35.9 Å². The molecule has 3 heteroatoms. The molecule has 0 aromatic heterocycles. The number of benzene rings is 1. The molecule has 1 saturated heterocycles. The summed E-state index contributed by atoms with van der Waals surface area (Å²) >= 11 is 0. The zero-order chi connectivity index (χ0) is 14.9. The van der Waals surface area contributed by atoms with Crippen molar-refractivity contribution in [2.75, 3.05) is 13.1 Å². The highest BCUT2D eigenvalue weighted by Gasteiger charge is 2.38. The van der Waals surface area contributed by atoms with Gasteiger partial charge in [-0.15, -0.1) is 0 Å². The van der Waals surface area contributed by atoms with Gasteiger partial charge in [-0.1, -0.05) is 58.0 Å². The normalized spacial score (nSPS) is 24.8. The summed E-state index contributed by atoms with van der Waals surface area (Å²) in [4.78, 5) is 14.5. The maximum absolute atomic E-state index is 12.6. The van der Waals surface area contributed by atoms with E-state index in [1.54, 1.807) is 0 Å². The van der Waals surface area contributed by atoms with Crippen LogP contribution in [-0.2, 0) is 4.79 Å². The highest BCUT2D eigenvalue weighted by molar-refractivity contribution is 5.79. The first kappa shape index (κ1) is 15.0. The lowest BCUT2D eigenvalue weighted by Gasteiger charge is -2.30. The fraction of sp³-hybridized carbons (Fsp3) is 0.588. The van der Waals surface area contributed by atoms with Gasteiger partial charge >= 0.3 is 0 Å². The fourth-order valence-electron chi connectivity index (χ4n) is 2.71. The number of hydrogen-bond donors (Lipinski definition) is 1. The maximum atomic E-state index is 12.6. The standard InChI is InChI=1S/C17H26N2O/c1-12(17(2,3)4)16(20)19-10-14(15(18)11-19)13-8-6-5-7-9-13/h5-9,12,14-15H,10-11,18H2,1-4H3/t12?,14-,15+/m0/s1. The fourth-order valence-corrected chi connectivity index (χ4v) is 2.71. The van der Waals surface area contributed by atoms with Gasteiger partial charge in [0.1, 0.15) is 0 Å². The Morgan fingerprint density at radius 2 is 1.85 bits per heavy atom. The summed E-state index contributed by atoms with van der Waals surface area (Å²) in [5.74, 6) is 0.503. The Labute approximate surface area is 122 Å². The third-order valence-electron chi connectivity index (χ3n) is 4.57. The third kappa shape index (κ3) is 3.04. The minimum absolute atomic E-state index is 0.00792. The molecule has 1 aliphatic rings. The van der Waals surface area contributed by atoms with E-state index in [4.69, 9.17) is 5.73 Å². The van der Waals surface area contributed by atoms with Crippen molar-refractivity contribution >= 4 is 5.91 Å². The third-order valence-corrected chi connectivity index (χ3v) is 4.57. The Hall–Kier alpha value is -1.35. The highest BCUT2D eigenvalue weighted by Crippen LogP contribution is 2.31. The predicted molar refractivity (Wildman–Crippen MR) is 82.4 cm³/mol. The summed E-state index contributed by atoms with van der Waals surface area (Å²) in [5, 5.41) is 0. The topological polar surface area (TPSA) is 46.3 Å². The van der Waals surface area contributed by atoms with Gasteiger partial charge < -0.3 is 10.6 Å². The summed E-state index contributed by atoms with van der Waals surface area (Å²) in [6.45, 7) is 9.76. The first-order valence-corrected chi connectivity index (χ1v) is 7.40. The van der Waals surface area contributed by atoms with E-state index in [9.17, 15) is 4.79 Å². The number of likely N-dealkylation sites (tertiary alicyclic amines) is 1. The lowest BCUT2D eigenvalue weighted by atomic mass is 9.81. The van der Waals surface area contributed by atoms with E-state index < -0.39 is 0 Å². The van der Waals surface area contributed by atoms with E-state index >= 15 is 0 Å². The van der Waals surface area contributed by atoms with Crippen LogP contribution in [-0.4, -0.2) is 29.9 Å². The van der Waals surface area contributed by atoms with Crippen molar-refractivity contribution in [1.82, 2.24) is 4.90 Å². The van der Waals surface area contributed by atoms with Gasteiger partial charge in [-0.25, -0.2) is 0 Å². The van der Waals surface area contributed by atoms with Crippen molar-refractivity contribution in [2.24, 2.45) is 17.1 Å². The molecule has 1 fully saturated rings. The Kier molecular flexibility index (Phi) is 4.19. The van der Waals surface area contributed by atoms with Crippen LogP contribution < -0.4 is 5.73 Å². The number of rotatable bonds is 2. The minimum Gasteiger partial charge on any atom is -0.340 e. The van der Waals surface area contributed by atoms with E-state index in [0.717, 1.165) is 6.54 Å². The molecule has 0 spiro atoms. The largest absolute Gasteiger partial charge is 0.340 e. The van der Waals surface area contributed by atoms with Crippen LogP contribution >= 0.6 is 0 Å². The van der Waals surface area contributed by atoms with Gasteiger partial charge in [0.25, 0.3) is 0 Å². The van der Waals surface area contributed by atoms with E-state index in [0.29, 0.717) is 6.54 Å². The molecule has 1 aromatic carbocycles. The predicted octanol–water partition coefficient (Wildman–Crippen LogP) is 2.62. The lowest BCUT2D eigenvalue weighted by molar-refractivity contribution is -0.137. The Balaban J connectivity index is 2.09. The highest BCUT2D eigenvalue weighted by atomic mass is 16.2. The molecule has 110 valence electrons. The van der Waals surface area contributed by atoms with Crippen molar-refractivity contribution in [2.45, 2.75) is 39.7 Å². The molecule has 0 saturated carbocycles. The average molecular weight is 274 g/mol. The summed E-state index contributed by atoms with van der Waals surface area (Å²) in [6, 6.07) is 10.3. The second-order valence-electron chi connectivity index (χ2n) is 7.01. The van der Waals surface area contributed by atoms with E-state index in [-0.39, 0.29) is 29.2 Å². The Morgan fingerprint density at radius 3 is 2.40 bits per heavy atom. The number of carbonyl (C=O) groups is 1. The van der Waals surface area contributed by atoms with E-state index in [2.05, 4.69) is 32.9 Å². The second-order valence-corrected chi connectivity index (χ2v) is 7.01. The Morgan fingerprint density at radius 1 is 1.25 bits per heavy atom. The van der Waals surface area contributed by atoms with Gasteiger partial charge in [-0.3, -0.25) is 4.79 Å². The van der Waals surface area contributed by atoms with E-state index in [1.807, 2.05) is 30.0 Å². The average Bonchev–Trinajstić information content (AvgIpc) is 2.79. The Bertz CT molecular complexity index is 464. The molecule has 20 heavy (non-hydrogen) atoms. The molecule has 3 nitrogen and oxygen atoms in total. The summed E-state index contributed by atoms with van der Waals surface area (Å²) in [7, 11) is 0. The number of hydrogen-bond acceptors (Lipinski definition) is 2. The second kappa shape index (κ2) is 5.57. The minimum atomic E-state index is -0.00792. The molecular weight excluding hydrogens is 248 g/mol. The van der Waals surface area contributed by atoms with Gasteiger partial charge in [0.2, 0.25) is 5.91 Å². The SMILES string of the molecule is CC(C(=O)N1C[C@@H](N)[C@H](c2ccccc2)C1)C(C)(C)C. The quantitative estimate of drug-likeness (QED) is 0.901. The zero-order valence-corrected chi connectivity index (χ0v) is 13.0. The van der Waals surface area contributed by atoms with Crippen molar-refractivity contribution in [3.8, 4) is 0 Å². The monoisotopic (exact) mass is 274 g/mol. The van der Waals surface area contributed by atoms with E-state index in [1.165, 1.54) is 5.56 Å². The number of nitrogens with two attached hydrogens (primary N) is 1. The maximum Gasteiger partial charge on any atom is 0.226 e. The molecule has 2 N–H and O–H groups in total. The van der Waals surface area contributed by atoms with Crippen molar-refractivity contribution in [1.29, 1.82) is 0 Å². The summed E-state index contributed by atoms with van der Waals surface area (Å²) < 4.78 is 0. The van der Waals surface area contributed by atoms with Crippen molar-refractivity contribution < 1.29 is 4.79 Å². The zero-order valence-electron chi connectivity index (χ0n) is 13.0. The van der Waals surface area contributed by atoms with Crippen LogP contribution in [0.4, 0.5) is 0 Å². The van der Waals surface area contributed by atoms with Crippen LogP contribution in [0.5, 0.6) is 0 Å². The molecule has 1 amide bonds. The first-order valence-electron chi connectivity index (χ1n) is 7.40. The molecule has 1 aliphatic heterocycles. The molecule has 1 unspecified atom stereocenters. The summed E-state index contributed by atoms with van der Waals surface area (Å²) in [5.41, 5.74) is 7.48. The van der Waals surface area contributed by atoms with Crippen LogP contribution in [0.15, 0.2) is 30.3 Å². The molecule has 0 radical (unpaired) electrons. The molecule has 2 rings (SSSR count). The number of carbonyl (C=O) groups excluding carboxylic acids is 1. The van der Waals surface area contributed by atoms with Crippen molar-refractivity contribution in [3.63, 3.8) is 0 Å². The summed E-state index contributed by atoms with van der Waals surface area (Å²) in [6.07, 6.45) is 0. The lowest BCUT2D eigenvalue weighted by Crippen LogP contribution is -2.39. The molecule has 1 aromatic rings. The number of nitrogens with zero attached hydrogens (tertiary/aromatic N) is 1. The van der Waals surface area contributed by atoms with Gasteiger partial charge in [-0.2, -0.15) is 0 Å². The number of amides is 1. The van der Waals surface area contributed by atoms with Crippen LogP contribution in [0, 0.1) is 11.3 Å². The van der Waals surface area contributed by atoms with Gasteiger partial charge in [0.15, 0.2) is 0 Å². The van der Waals surface area contributed by atoms with Crippen LogP contribution in [0.3, 0.4) is 0 Å². The van der Waals surface area contributed by atoms with Crippen LogP contribution in [0.1, 0.15) is 39.2 Å². The molecule has 0 bridgehead atoms. The van der Waals surface area contributed by atoms with Gasteiger partial charge in [0.05, 0.1) is 0 Å². The first-order chi connectivity index (χ1) is 9.30. The van der Waals surface area contributed by atoms with Crippen LogP contribution in [0.2, 0.25) is 0 Å². The smallest absolute Gasteiger partial charge is 0.226 e. The molecule has 0 aliphatic carbocycles. The van der Waals surface area contributed by atoms with Gasteiger partial charge in [0, 0.05) is 31.0 Å². The molecule has 3 atom stereocenters. The molecule has 1 heterocycles. The van der Waals surface area contributed by atoms with Crippen LogP contribution in [0.25, 0.3) is 0 Å². The molecular formula is C17H26N2O. The van der Waals surface area contributed by atoms with Gasteiger partial charge in [-0.05, 0) is 11.0 Å².